The van der Waals surface area contributed by atoms with Crippen molar-refractivity contribution in [2.24, 2.45) is 5.92 Å². The summed E-state index contributed by atoms with van der Waals surface area (Å²) >= 11 is 0. The molecule has 1 amide bonds. The van der Waals surface area contributed by atoms with Gasteiger partial charge in [0.15, 0.2) is 0 Å². The van der Waals surface area contributed by atoms with Gasteiger partial charge in [0, 0.05) is 6.54 Å². The molecule has 1 aliphatic rings. The van der Waals surface area contributed by atoms with E-state index in [1.165, 1.54) is 24.3 Å². The summed E-state index contributed by atoms with van der Waals surface area (Å²) in [6, 6.07) is 4.55. The van der Waals surface area contributed by atoms with Gasteiger partial charge in [-0.1, -0.05) is 12.1 Å². The monoisotopic (exact) mass is 267 g/mol. The van der Waals surface area contributed by atoms with Gasteiger partial charge < -0.3 is 15.1 Å². The van der Waals surface area contributed by atoms with Crippen molar-refractivity contribution >= 4 is 12.1 Å². The van der Waals surface area contributed by atoms with E-state index in [0.717, 1.165) is 4.90 Å². The van der Waals surface area contributed by atoms with Gasteiger partial charge in [0.1, 0.15) is 5.82 Å². The molecule has 0 saturated carbocycles. The first-order chi connectivity index (χ1) is 9.00. The lowest BCUT2D eigenvalue weighted by molar-refractivity contribution is -0.145. The number of hydrogen-bond acceptors (Lipinski definition) is 2. The summed E-state index contributed by atoms with van der Waals surface area (Å²) in [7, 11) is 0. The molecule has 0 aliphatic carbocycles. The summed E-state index contributed by atoms with van der Waals surface area (Å²) < 4.78 is 12.9. The lowest BCUT2D eigenvalue weighted by Gasteiger charge is -2.38. The number of likely N-dealkylation sites (tertiary alicyclic amines) is 1. The van der Waals surface area contributed by atoms with Gasteiger partial charge in [-0.2, -0.15) is 0 Å². The lowest BCUT2D eigenvalue weighted by atomic mass is 9.85. The number of aliphatic carboxylic acids is 1. The third-order valence-electron chi connectivity index (χ3n) is 3.41. The Kier molecular flexibility index (Phi) is 3.69. The Morgan fingerprint density at radius 2 is 1.84 bits per heavy atom. The van der Waals surface area contributed by atoms with Crippen LogP contribution in [0.3, 0.4) is 0 Å². The van der Waals surface area contributed by atoms with E-state index in [4.69, 9.17) is 0 Å². The van der Waals surface area contributed by atoms with Gasteiger partial charge in [0.05, 0.1) is 12.0 Å². The summed E-state index contributed by atoms with van der Waals surface area (Å²) in [6.45, 7) is 0.293. The highest BCUT2D eigenvalue weighted by Crippen LogP contribution is 2.36. The van der Waals surface area contributed by atoms with Crippen LogP contribution in [0.2, 0.25) is 0 Å². The van der Waals surface area contributed by atoms with Crippen LogP contribution in [0.5, 0.6) is 0 Å². The fourth-order valence-electron chi connectivity index (χ4n) is 2.54. The van der Waals surface area contributed by atoms with Crippen molar-refractivity contribution in [3.8, 4) is 0 Å². The van der Waals surface area contributed by atoms with Crippen LogP contribution in [-0.4, -0.2) is 33.7 Å². The maximum Gasteiger partial charge on any atom is 0.407 e. The van der Waals surface area contributed by atoms with E-state index >= 15 is 0 Å². The zero-order chi connectivity index (χ0) is 14.0. The molecule has 1 aromatic rings. The van der Waals surface area contributed by atoms with Crippen molar-refractivity contribution in [2.45, 2.75) is 18.9 Å². The van der Waals surface area contributed by atoms with E-state index in [-0.39, 0.29) is 0 Å². The van der Waals surface area contributed by atoms with Crippen LogP contribution in [-0.2, 0) is 4.79 Å². The number of halogens is 1. The van der Waals surface area contributed by atoms with E-state index in [0.29, 0.717) is 24.9 Å². The molecule has 0 aromatic heterocycles. The smallest absolute Gasteiger partial charge is 0.407 e. The number of amides is 1. The minimum absolute atomic E-state index is 0.293. The summed E-state index contributed by atoms with van der Waals surface area (Å²) in [6.07, 6.45) is -0.220. The number of piperidine rings is 1. The number of nitrogens with zero attached hydrogens (tertiary/aromatic N) is 1. The molecule has 2 atom stereocenters. The van der Waals surface area contributed by atoms with E-state index in [1.54, 1.807) is 0 Å². The maximum atomic E-state index is 12.9. The van der Waals surface area contributed by atoms with Crippen molar-refractivity contribution in [3.05, 3.63) is 35.6 Å². The molecule has 2 rings (SSSR count). The highest BCUT2D eigenvalue weighted by atomic mass is 19.1. The minimum Gasteiger partial charge on any atom is -0.481 e. The summed E-state index contributed by atoms with van der Waals surface area (Å²) in [5, 5.41) is 18.4. The van der Waals surface area contributed by atoms with Crippen LogP contribution in [0.4, 0.5) is 9.18 Å². The quantitative estimate of drug-likeness (QED) is 0.862. The van der Waals surface area contributed by atoms with Gasteiger partial charge in [-0.05, 0) is 30.5 Å². The predicted octanol–water partition coefficient (Wildman–Crippen LogP) is 2.34. The van der Waals surface area contributed by atoms with Gasteiger partial charge in [0.2, 0.25) is 0 Å². The first-order valence-electron chi connectivity index (χ1n) is 5.98. The molecule has 1 saturated heterocycles. The molecular weight excluding hydrogens is 253 g/mol. The second-order valence-corrected chi connectivity index (χ2v) is 4.56. The molecule has 1 aromatic carbocycles. The van der Waals surface area contributed by atoms with Gasteiger partial charge in [0.25, 0.3) is 0 Å². The van der Waals surface area contributed by atoms with E-state index < -0.39 is 29.8 Å². The summed E-state index contributed by atoms with van der Waals surface area (Å²) in [5.41, 5.74) is 0.510. The third kappa shape index (κ3) is 2.67. The SMILES string of the molecule is O=C(O)C1CCCN(C(=O)O)C1c1ccc(F)cc1. The number of hydrogen-bond donors (Lipinski definition) is 2. The number of benzene rings is 1. The van der Waals surface area contributed by atoms with Crippen LogP contribution in [0.25, 0.3) is 0 Å². The van der Waals surface area contributed by atoms with Crippen molar-refractivity contribution in [1.29, 1.82) is 0 Å². The Bertz CT molecular complexity index is 466. The zero-order valence-electron chi connectivity index (χ0n) is 10.1. The summed E-state index contributed by atoms with van der Waals surface area (Å²) in [5.74, 6) is -2.26. The molecular formula is C13H14FNO4. The fourth-order valence-corrected chi connectivity index (χ4v) is 2.54. The van der Waals surface area contributed by atoms with Crippen molar-refractivity contribution in [1.82, 2.24) is 4.90 Å². The Labute approximate surface area is 109 Å². The topological polar surface area (TPSA) is 77.8 Å². The molecule has 6 heteroatoms. The van der Waals surface area contributed by atoms with E-state index in [1.807, 2.05) is 0 Å². The molecule has 5 nitrogen and oxygen atoms in total. The van der Waals surface area contributed by atoms with Gasteiger partial charge in [-0.15, -0.1) is 0 Å². The average Bonchev–Trinajstić information content (AvgIpc) is 2.38. The van der Waals surface area contributed by atoms with Crippen molar-refractivity contribution in [3.63, 3.8) is 0 Å². The van der Waals surface area contributed by atoms with Crippen LogP contribution in [0.15, 0.2) is 24.3 Å². The second-order valence-electron chi connectivity index (χ2n) is 4.56. The van der Waals surface area contributed by atoms with Crippen molar-refractivity contribution in [2.75, 3.05) is 6.54 Å². The number of carboxylic acid groups (broad SMARTS) is 2. The van der Waals surface area contributed by atoms with E-state index in [9.17, 15) is 24.2 Å². The van der Waals surface area contributed by atoms with Crippen LogP contribution in [0.1, 0.15) is 24.4 Å². The van der Waals surface area contributed by atoms with Crippen LogP contribution in [0, 0.1) is 11.7 Å². The van der Waals surface area contributed by atoms with Crippen LogP contribution >= 0.6 is 0 Å². The Morgan fingerprint density at radius 1 is 1.21 bits per heavy atom. The normalized spacial score (nSPS) is 23.1. The molecule has 102 valence electrons. The number of carboxylic acids is 1. The maximum absolute atomic E-state index is 12.9. The molecule has 1 aliphatic heterocycles. The van der Waals surface area contributed by atoms with E-state index in [2.05, 4.69) is 0 Å². The Hall–Kier alpha value is -2.11. The largest absolute Gasteiger partial charge is 0.481 e. The number of carbonyl (C=O) groups is 2. The van der Waals surface area contributed by atoms with Gasteiger partial charge in [-0.25, -0.2) is 9.18 Å². The molecule has 1 heterocycles. The van der Waals surface area contributed by atoms with Gasteiger partial charge in [-0.3, -0.25) is 4.79 Å². The molecule has 1 fully saturated rings. The molecule has 19 heavy (non-hydrogen) atoms. The third-order valence-corrected chi connectivity index (χ3v) is 3.41. The Morgan fingerprint density at radius 3 is 2.37 bits per heavy atom. The molecule has 2 N–H and O–H groups in total. The molecule has 2 unspecified atom stereocenters. The van der Waals surface area contributed by atoms with Gasteiger partial charge >= 0.3 is 12.1 Å². The molecule has 0 spiro atoms. The molecule has 0 radical (unpaired) electrons. The lowest BCUT2D eigenvalue weighted by Crippen LogP contribution is -2.44. The zero-order valence-corrected chi connectivity index (χ0v) is 10.1. The Balaban J connectivity index is 2.39. The predicted molar refractivity (Wildman–Crippen MR) is 64.2 cm³/mol. The standard InChI is InChI=1S/C13H14FNO4/c14-9-5-3-8(4-6-9)11-10(12(16)17)2-1-7-15(11)13(18)19/h3-6,10-11H,1-2,7H2,(H,16,17)(H,18,19). The first-order valence-corrected chi connectivity index (χ1v) is 5.98. The first kappa shape index (κ1) is 13.3. The molecule has 0 bridgehead atoms. The van der Waals surface area contributed by atoms with Crippen molar-refractivity contribution < 1.29 is 24.2 Å². The fraction of sp³-hybridized carbons (Fsp3) is 0.385. The highest BCUT2D eigenvalue weighted by molar-refractivity contribution is 5.74. The second kappa shape index (κ2) is 5.26. The average molecular weight is 267 g/mol. The number of rotatable bonds is 2. The van der Waals surface area contributed by atoms with Crippen LogP contribution < -0.4 is 0 Å². The minimum atomic E-state index is -1.15. The highest BCUT2D eigenvalue weighted by Gasteiger charge is 2.39. The summed E-state index contributed by atoms with van der Waals surface area (Å²) in [4.78, 5) is 23.6.